The molecule has 0 aliphatic heterocycles. The molecule has 1 heterocycles. The summed E-state index contributed by atoms with van der Waals surface area (Å²) in [6.45, 7) is 2.11. The van der Waals surface area contributed by atoms with Gasteiger partial charge in [-0.3, -0.25) is 0 Å². The van der Waals surface area contributed by atoms with Crippen molar-refractivity contribution in [1.29, 1.82) is 0 Å². The second-order valence-corrected chi connectivity index (χ2v) is 4.58. The molecule has 0 fully saturated rings. The molecule has 74 valence electrons. The Morgan fingerprint density at radius 1 is 1.00 bits per heavy atom. The van der Waals surface area contributed by atoms with Crippen LogP contribution in [0.15, 0.2) is 40.9 Å². The number of rotatable bonds is 0. The summed E-state index contributed by atoms with van der Waals surface area (Å²) in [4.78, 5) is 3.44. The normalized spacial score (nSPS) is 11.3. The number of aromatic nitrogens is 1. The van der Waals surface area contributed by atoms with Crippen molar-refractivity contribution in [2.45, 2.75) is 6.92 Å². The third-order valence-electron chi connectivity index (χ3n) is 2.81. The maximum atomic E-state index is 3.63. The monoisotopic (exact) mass is 259 g/mol. The summed E-state index contributed by atoms with van der Waals surface area (Å²) in [5.41, 5.74) is 3.64. The highest BCUT2D eigenvalue weighted by molar-refractivity contribution is 9.10. The highest BCUT2D eigenvalue weighted by Gasteiger charge is 2.07. The number of H-pyrrole nitrogens is 1. The second kappa shape index (κ2) is 3.11. The molecule has 15 heavy (non-hydrogen) atoms. The van der Waals surface area contributed by atoms with Gasteiger partial charge in [0.2, 0.25) is 0 Å². The Labute approximate surface area is 96.2 Å². The van der Waals surface area contributed by atoms with E-state index in [1.807, 2.05) is 0 Å². The lowest BCUT2D eigenvalue weighted by Gasteiger charge is -1.98. The molecule has 1 aromatic heterocycles. The SMILES string of the molecule is Cc1ccc2c([nH]c3ccccc32)c1Br. The standard InChI is InChI=1S/C13H10BrN/c1-8-6-7-10-9-4-2-3-5-11(9)15-13(10)12(8)14/h2-7,15H,1H3. The minimum atomic E-state index is 1.16. The van der Waals surface area contributed by atoms with Crippen LogP contribution in [0.4, 0.5) is 0 Å². The van der Waals surface area contributed by atoms with Crippen LogP contribution in [0.1, 0.15) is 5.56 Å². The molecular weight excluding hydrogens is 250 g/mol. The van der Waals surface area contributed by atoms with Gasteiger partial charge in [0.25, 0.3) is 0 Å². The topological polar surface area (TPSA) is 15.8 Å². The van der Waals surface area contributed by atoms with Gasteiger partial charge in [0.15, 0.2) is 0 Å². The molecule has 0 unspecified atom stereocenters. The highest BCUT2D eigenvalue weighted by Crippen LogP contribution is 2.32. The van der Waals surface area contributed by atoms with Crippen LogP contribution in [-0.4, -0.2) is 4.98 Å². The first-order valence-electron chi connectivity index (χ1n) is 4.93. The predicted molar refractivity (Wildman–Crippen MR) is 68.2 cm³/mol. The average molecular weight is 260 g/mol. The van der Waals surface area contributed by atoms with E-state index in [0.717, 1.165) is 4.47 Å². The van der Waals surface area contributed by atoms with Gasteiger partial charge < -0.3 is 4.98 Å². The summed E-state index contributed by atoms with van der Waals surface area (Å²) in [6, 6.07) is 12.7. The maximum Gasteiger partial charge on any atom is 0.0611 e. The van der Waals surface area contributed by atoms with E-state index in [9.17, 15) is 0 Å². The number of benzene rings is 2. The van der Waals surface area contributed by atoms with Gasteiger partial charge in [0.05, 0.1) is 5.52 Å². The molecule has 0 radical (unpaired) electrons. The van der Waals surface area contributed by atoms with Crippen LogP contribution in [0.2, 0.25) is 0 Å². The summed E-state index contributed by atoms with van der Waals surface area (Å²) in [5.74, 6) is 0. The lowest BCUT2D eigenvalue weighted by Crippen LogP contribution is -1.76. The first-order chi connectivity index (χ1) is 7.27. The van der Waals surface area contributed by atoms with E-state index < -0.39 is 0 Å². The van der Waals surface area contributed by atoms with Crippen LogP contribution in [0, 0.1) is 6.92 Å². The van der Waals surface area contributed by atoms with Crippen molar-refractivity contribution < 1.29 is 0 Å². The lowest BCUT2D eigenvalue weighted by atomic mass is 10.1. The number of aromatic amines is 1. The van der Waals surface area contributed by atoms with Gasteiger partial charge in [-0.15, -0.1) is 0 Å². The molecule has 0 atom stereocenters. The molecule has 0 spiro atoms. The molecule has 3 rings (SSSR count). The molecule has 0 bridgehead atoms. The van der Waals surface area contributed by atoms with E-state index in [4.69, 9.17) is 0 Å². The minimum absolute atomic E-state index is 1.16. The lowest BCUT2D eigenvalue weighted by molar-refractivity contribution is 1.44. The summed E-state index contributed by atoms with van der Waals surface area (Å²) in [7, 11) is 0. The molecule has 0 amide bonds. The van der Waals surface area contributed by atoms with Crippen molar-refractivity contribution in [3.63, 3.8) is 0 Å². The number of fused-ring (bicyclic) bond motifs is 3. The Hall–Kier alpha value is -1.28. The Kier molecular flexibility index (Phi) is 1.86. The second-order valence-electron chi connectivity index (χ2n) is 3.79. The Morgan fingerprint density at radius 2 is 1.80 bits per heavy atom. The largest absolute Gasteiger partial charge is 0.354 e. The number of halogens is 1. The molecule has 0 aliphatic rings. The molecule has 0 aliphatic carbocycles. The van der Waals surface area contributed by atoms with Crippen molar-refractivity contribution in [2.75, 3.05) is 0 Å². The number of nitrogens with one attached hydrogen (secondary N) is 1. The van der Waals surface area contributed by atoms with E-state index >= 15 is 0 Å². The van der Waals surface area contributed by atoms with Gasteiger partial charge in [-0.2, -0.15) is 0 Å². The molecule has 1 N–H and O–H groups in total. The van der Waals surface area contributed by atoms with Crippen molar-refractivity contribution in [2.24, 2.45) is 0 Å². The van der Waals surface area contributed by atoms with Gasteiger partial charge in [0, 0.05) is 20.8 Å². The average Bonchev–Trinajstić information content (AvgIpc) is 2.63. The summed E-state index contributed by atoms with van der Waals surface area (Å²) in [5, 5.41) is 2.57. The van der Waals surface area contributed by atoms with Crippen molar-refractivity contribution in [3.05, 3.63) is 46.4 Å². The maximum absolute atomic E-state index is 3.63. The van der Waals surface area contributed by atoms with E-state index in [-0.39, 0.29) is 0 Å². The van der Waals surface area contributed by atoms with E-state index in [2.05, 4.69) is 64.2 Å². The number of hydrogen-bond acceptors (Lipinski definition) is 0. The fraction of sp³-hybridized carbons (Fsp3) is 0.0769. The van der Waals surface area contributed by atoms with Crippen molar-refractivity contribution in [3.8, 4) is 0 Å². The summed E-state index contributed by atoms with van der Waals surface area (Å²) in [6.07, 6.45) is 0. The van der Waals surface area contributed by atoms with E-state index in [0.29, 0.717) is 0 Å². The minimum Gasteiger partial charge on any atom is -0.354 e. The first kappa shape index (κ1) is 8.98. The number of hydrogen-bond donors (Lipinski definition) is 1. The third kappa shape index (κ3) is 1.21. The highest BCUT2D eigenvalue weighted by atomic mass is 79.9. The molecule has 2 heteroatoms. The summed E-state index contributed by atoms with van der Waals surface area (Å²) >= 11 is 3.63. The van der Waals surface area contributed by atoms with Gasteiger partial charge >= 0.3 is 0 Å². The van der Waals surface area contributed by atoms with E-state index in [1.54, 1.807) is 0 Å². The molecular formula is C13H10BrN. The van der Waals surface area contributed by atoms with Gasteiger partial charge in [0.1, 0.15) is 0 Å². The Morgan fingerprint density at radius 3 is 2.67 bits per heavy atom. The van der Waals surface area contributed by atoms with Crippen LogP contribution >= 0.6 is 15.9 Å². The molecule has 1 nitrogen and oxygen atoms in total. The van der Waals surface area contributed by atoms with Crippen LogP contribution in [0.25, 0.3) is 21.8 Å². The molecule has 0 saturated carbocycles. The van der Waals surface area contributed by atoms with Crippen LogP contribution < -0.4 is 0 Å². The zero-order valence-corrected chi connectivity index (χ0v) is 9.93. The predicted octanol–water partition coefficient (Wildman–Crippen LogP) is 4.39. The third-order valence-corrected chi connectivity index (χ3v) is 3.83. The fourth-order valence-corrected chi connectivity index (χ4v) is 2.43. The smallest absolute Gasteiger partial charge is 0.0611 e. The fourth-order valence-electron chi connectivity index (χ4n) is 1.99. The first-order valence-corrected chi connectivity index (χ1v) is 5.72. The van der Waals surface area contributed by atoms with Crippen LogP contribution in [-0.2, 0) is 0 Å². The van der Waals surface area contributed by atoms with Gasteiger partial charge in [-0.1, -0.05) is 30.3 Å². The molecule has 0 saturated heterocycles. The Balaban J connectivity index is 2.60. The van der Waals surface area contributed by atoms with Crippen molar-refractivity contribution in [1.82, 2.24) is 4.98 Å². The molecule has 2 aromatic carbocycles. The van der Waals surface area contributed by atoms with Crippen LogP contribution in [0.3, 0.4) is 0 Å². The zero-order valence-electron chi connectivity index (χ0n) is 8.34. The van der Waals surface area contributed by atoms with Crippen molar-refractivity contribution >= 4 is 37.7 Å². The van der Waals surface area contributed by atoms with Gasteiger partial charge in [-0.05, 0) is 34.5 Å². The van der Waals surface area contributed by atoms with E-state index in [1.165, 1.54) is 27.4 Å². The summed E-state index contributed by atoms with van der Waals surface area (Å²) < 4.78 is 1.16. The zero-order chi connectivity index (χ0) is 10.4. The number of para-hydroxylation sites is 1. The van der Waals surface area contributed by atoms with Crippen LogP contribution in [0.5, 0.6) is 0 Å². The molecule has 3 aromatic rings. The number of aryl methyl sites for hydroxylation is 1. The van der Waals surface area contributed by atoms with Gasteiger partial charge in [-0.25, -0.2) is 0 Å². The Bertz CT molecular complexity index is 652. The quantitative estimate of drug-likeness (QED) is 0.617.